The van der Waals surface area contributed by atoms with E-state index in [9.17, 15) is 9.90 Å². The lowest BCUT2D eigenvalue weighted by Crippen LogP contribution is -2.56. The minimum absolute atomic E-state index is 0.00384. The molecule has 5 nitrogen and oxygen atoms in total. The third-order valence-corrected chi connectivity index (χ3v) is 3.02. The summed E-state index contributed by atoms with van der Waals surface area (Å²) >= 11 is 0. The molecule has 1 aliphatic rings. The standard InChI is InChI=1S/C12H17N3O2/c13-7-9-8-14-5-6-15(9)12(17)10-3-1-2-4-11(10)16/h1-4,9,14,16H,5-8,13H2. The lowest BCUT2D eigenvalue weighted by Gasteiger charge is -2.35. The number of hydrogen-bond donors (Lipinski definition) is 3. The second kappa shape index (κ2) is 5.16. The molecule has 1 aromatic carbocycles. The van der Waals surface area contributed by atoms with Crippen LogP contribution in [0.15, 0.2) is 24.3 Å². The van der Waals surface area contributed by atoms with Gasteiger partial charge in [-0.25, -0.2) is 0 Å². The lowest BCUT2D eigenvalue weighted by atomic mass is 10.1. The molecular weight excluding hydrogens is 218 g/mol. The van der Waals surface area contributed by atoms with E-state index in [1.54, 1.807) is 23.1 Å². The van der Waals surface area contributed by atoms with Gasteiger partial charge in [-0.3, -0.25) is 4.79 Å². The molecule has 0 saturated carbocycles. The van der Waals surface area contributed by atoms with Crippen LogP contribution in [0, 0.1) is 0 Å². The Kier molecular flexibility index (Phi) is 3.61. The summed E-state index contributed by atoms with van der Waals surface area (Å²) in [5.41, 5.74) is 5.99. The smallest absolute Gasteiger partial charge is 0.257 e. The minimum Gasteiger partial charge on any atom is -0.507 e. The average molecular weight is 235 g/mol. The number of carbonyl (C=O) groups is 1. The van der Waals surface area contributed by atoms with Crippen molar-refractivity contribution in [2.45, 2.75) is 6.04 Å². The molecule has 1 aromatic rings. The van der Waals surface area contributed by atoms with E-state index in [4.69, 9.17) is 5.73 Å². The molecular formula is C12H17N3O2. The number of para-hydroxylation sites is 1. The first-order chi connectivity index (χ1) is 8.24. The maximum Gasteiger partial charge on any atom is 0.257 e. The highest BCUT2D eigenvalue weighted by atomic mass is 16.3. The maximum absolute atomic E-state index is 12.3. The van der Waals surface area contributed by atoms with Crippen LogP contribution in [0.3, 0.4) is 0 Å². The van der Waals surface area contributed by atoms with E-state index in [1.807, 2.05) is 0 Å². The Morgan fingerprint density at radius 2 is 2.29 bits per heavy atom. The molecule has 17 heavy (non-hydrogen) atoms. The van der Waals surface area contributed by atoms with E-state index in [0.717, 1.165) is 6.54 Å². The first-order valence-electron chi connectivity index (χ1n) is 5.73. The minimum atomic E-state index is -0.153. The number of piperazine rings is 1. The number of hydrogen-bond acceptors (Lipinski definition) is 4. The van der Waals surface area contributed by atoms with Crippen LogP contribution in [0.1, 0.15) is 10.4 Å². The molecule has 1 atom stereocenters. The van der Waals surface area contributed by atoms with Crippen molar-refractivity contribution in [3.8, 4) is 5.75 Å². The molecule has 1 aliphatic heterocycles. The van der Waals surface area contributed by atoms with E-state index >= 15 is 0 Å². The molecule has 0 bridgehead atoms. The van der Waals surface area contributed by atoms with Crippen LogP contribution < -0.4 is 11.1 Å². The Morgan fingerprint density at radius 1 is 1.53 bits per heavy atom. The summed E-state index contributed by atoms with van der Waals surface area (Å²) < 4.78 is 0. The first kappa shape index (κ1) is 11.9. The lowest BCUT2D eigenvalue weighted by molar-refractivity contribution is 0.0641. The molecule has 1 heterocycles. The van der Waals surface area contributed by atoms with Crippen LogP contribution in [0.5, 0.6) is 5.75 Å². The molecule has 0 aliphatic carbocycles. The number of nitrogens with two attached hydrogens (primary N) is 1. The van der Waals surface area contributed by atoms with Crippen molar-refractivity contribution in [1.82, 2.24) is 10.2 Å². The summed E-state index contributed by atoms with van der Waals surface area (Å²) in [6.07, 6.45) is 0. The topological polar surface area (TPSA) is 78.6 Å². The zero-order chi connectivity index (χ0) is 12.3. The van der Waals surface area contributed by atoms with Gasteiger partial charge < -0.3 is 21.1 Å². The predicted molar refractivity (Wildman–Crippen MR) is 64.9 cm³/mol. The number of aromatic hydroxyl groups is 1. The predicted octanol–water partition coefficient (Wildman–Crippen LogP) is -0.235. The summed E-state index contributed by atoms with van der Waals surface area (Å²) in [4.78, 5) is 14.0. The molecule has 1 unspecified atom stereocenters. The highest BCUT2D eigenvalue weighted by molar-refractivity contribution is 5.97. The number of phenolic OH excluding ortho intramolecular Hbond substituents is 1. The van der Waals surface area contributed by atoms with Crippen molar-refractivity contribution in [3.63, 3.8) is 0 Å². The van der Waals surface area contributed by atoms with E-state index in [-0.39, 0.29) is 17.7 Å². The summed E-state index contributed by atoms with van der Waals surface area (Å²) in [5.74, 6) is -0.133. The third kappa shape index (κ3) is 2.40. The fraction of sp³-hybridized carbons (Fsp3) is 0.417. The van der Waals surface area contributed by atoms with Crippen LogP contribution in [-0.2, 0) is 0 Å². The second-order valence-corrected chi connectivity index (χ2v) is 4.11. The van der Waals surface area contributed by atoms with Gasteiger partial charge in [-0.1, -0.05) is 12.1 Å². The number of phenols is 1. The van der Waals surface area contributed by atoms with Crippen molar-refractivity contribution in [1.29, 1.82) is 0 Å². The molecule has 0 aromatic heterocycles. The van der Waals surface area contributed by atoms with Crippen LogP contribution >= 0.6 is 0 Å². The van der Waals surface area contributed by atoms with Gasteiger partial charge in [0.25, 0.3) is 5.91 Å². The van der Waals surface area contributed by atoms with Crippen LogP contribution in [0.2, 0.25) is 0 Å². The molecule has 5 heteroatoms. The van der Waals surface area contributed by atoms with E-state index < -0.39 is 0 Å². The van der Waals surface area contributed by atoms with Crippen molar-refractivity contribution >= 4 is 5.91 Å². The van der Waals surface area contributed by atoms with E-state index in [0.29, 0.717) is 25.2 Å². The van der Waals surface area contributed by atoms with Crippen molar-refractivity contribution in [3.05, 3.63) is 29.8 Å². The van der Waals surface area contributed by atoms with E-state index in [1.165, 1.54) is 6.07 Å². The van der Waals surface area contributed by atoms with Gasteiger partial charge in [0.15, 0.2) is 0 Å². The summed E-state index contributed by atoms with van der Waals surface area (Å²) in [7, 11) is 0. The number of carbonyl (C=O) groups excluding carboxylic acids is 1. The molecule has 92 valence electrons. The third-order valence-electron chi connectivity index (χ3n) is 3.02. The summed E-state index contributed by atoms with van der Waals surface area (Å²) in [6, 6.07) is 6.59. The van der Waals surface area contributed by atoms with Crippen molar-refractivity contribution < 1.29 is 9.90 Å². The molecule has 2 rings (SSSR count). The van der Waals surface area contributed by atoms with E-state index in [2.05, 4.69) is 5.32 Å². The average Bonchev–Trinajstić information content (AvgIpc) is 2.38. The van der Waals surface area contributed by atoms with Crippen LogP contribution in [-0.4, -0.2) is 48.1 Å². The molecule has 0 radical (unpaired) electrons. The van der Waals surface area contributed by atoms with Gasteiger partial charge >= 0.3 is 0 Å². The Hall–Kier alpha value is -1.59. The fourth-order valence-electron chi connectivity index (χ4n) is 2.05. The monoisotopic (exact) mass is 235 g/mol. The number of nitrogens with zero attached hydrogens (tertiary/aromatic N) is 1. The number of amides is 1. The first-order valence-corrected chi connectivity index (χ1v) is 5.73. The van der Waals surface area contributed by atoms with Crippen LogP contribution in [0.25, 0.3) is 0 Å². The number of rotatable bonds is 2. The molecule has 0 spiro atoms. The SMILES string of the molecule is NCC1CNCCN1C(=O)c1ccccc1O. The molecule has 1 fully saturated rings. The molecule has 1 amide bonds. The van der Waals surface area contributed by atoms with Gasteiger partial charge in [0.2, 0.25) is 0 Å². The fourth-order valence-corrected chi connectivity index (χ4v) is 2.05. The zero-order valence-electron chi connectivity index (χ0n) is 9.60. The number of nitrogens with one attached hydrogen (secondary N) is 1. The van der Waals surface area contributed by atoms with Gasteiger partial charge in [0.05, 0.1) is 11.6 Å². The Morgan fingerprint density at radius 3 is 3.00 bits per heavy atom. The van der Waals surface area contributed by atoms with Crippen LogP contribution in [0.4, 0.5) is 0 Å². The highest BCUT2D eigenvalue weighted by Crippen LogP contribution is 2.19. The quantitative estimate of drug-likeness (QED) is 0.661. The van der Waals surface area contributed by atoms with Gasteiger partial charge in [0.1, 0.15) is 5.75 Å². The van der Waals surface area contributed by atoms with Crippen molar-refractivity contribution in [2.75, 3.05) is 26.2 Å². The normalized spacial score (nSPS) is 20.3. The van der Waals surface area contributed by atoms with Gasteiger partial charge in [-0.2, -0.15) is 0 Å². The largest absolute Gasteiger partial charge is 0.507 e. The van der Waals surface area contributed by atoms with Crippen molar-refractivity contribution in [2.24, 2.45) is 5.73 Å². The second-order valence-electron chi connectivity index (χ2n) is 4.11. The molecule has 4 N–H and O–H groups in total. The maximum atomic E-state index is 12.3. The highest BCUT2D eigenvalue weighted by Gasteiger charge is 2.27. The van der Waals surface area contributed by atoms with Gasteiger partial charge in [-0.15, -0.1) is 0 Å². The zero-order valence-corrected chi connectivity index (χ0v) is 9.60. The summed E-state index contributed by atoms with van der Waals surface area (Å²) in [5, 5.41) is 12.9. The van der Waals surface area contributed by atoms with Gasteiger partial charge in [0, 0.05) is 26.2 Å². The molecule has 1 saturated heterocycles. The number of benzene rings is 1. The Balaban J connectivity index is 2.21. The Bertz CT molecular complexity index is 408. The Labute approximate surface area is 100 Å². The van der Waals surface area contributed by atoms with Gasteiger partial charge in [-0.05, 0) is 12.1 Å². The summed E-state index contributed by atoms with van der Waals surface area (Å²) in [6.45, 7) is 2.51.